The molecule has 1 N–H and O–H groups in total. The van der Waals surface area contributed by atoms with Crippen LogP contribution in [-0.4, -0.2) is 15.5 Å². The van der Waals surface area contributed by atoms with Crippen LogP contribution in [0.2, 0.25) is 0 Å². The highest BCUT2D eigenvalue weighted by molar-refractivity contribution is 7.92. The number of hydrogen-bond acceptors (Lipinski definition) is 3. The first kappa shape index (κ1) is 18.2. The Balaban J connectivity index is 2.17. The molecule has 0 aliphatic carbocycles. The summed E-state index contributed by atoms with van der Waals surface area (Å²) in [6.45, 7) is 2.04. The van der Waals surface area contributed by atoms with Crippen LogP contribution in [0.1, 0.15) is 18.9 Å². The van der Waals surface area contributed by atoms with Crippen LogP contribution < -0.4 is 9.46 Å². The maximum absolute atomic E-state index is 14.0. The van der Waals surface area contributed by atoms with E-state index in [2.05, 4.69) is 4.72 Å². The summed E-state index contributed by atoms with van der Waals surface area (Å²) in [6.07, 6.45) is 1.62. The SMILES string of the molecule is CCCc1cc(NS(=O)(=O)c2ccccc2F)c2ccccc2c1OC. The molecular weight excluding hydrogens is 353 g/mol. The smallest absolute Gasteiger partial charge is 0.264 e. The molecule has 0 saturated carbocycles. The molecule has 3 rings (SSSR count). The normalized spacial score (nSPS) is 11.5. The van der Waals surface area contributed by atoms with Crippen LogP contribution in [0.5, 0.6) is 5.75 Å². The molecule has 0 aromatic heterocycles. The third kappa shape index (κ3) is 3.37. The van der Waals surface area contributed by atoms with Crippen molar-refractivity contribution < 1.29 is 17.5 Å². The molecule has 3 aromatic rings. The van der Waals surface area contributed by atoms with Gasteiger partial charge in [-0.05, 0) is 30.2 Å². The number of anilines is 1. The zero-order chi connectivity index (χ0) is 18.7. The van der Waals surface area contributed by atoms with Crippen molar-refractivity contribution >= 4 is 26.5 Å². The second-order valence-electron chi connectivity index (χ2n) is 5.95. The number of rotatable bonds is 6. The number of hydrogen-bond donors (Lipinski definition) is 1. The topological polar surface area (TPSA) is 55.4 Å². The van der Waals surface area contributed by atoms with Crippen molar-refractivity contribution in [1.82, 2.24) is 0 Å². The van der Waals surface area contributed by atoms with Crippen LogP contribution in [-0.2, 0) is 16.4 Å². The van der Waals surface area contributed by atoms with Gasteiger partial charge in [0.2, 0.25) is 0 Å². The van der Waals surface area contributed by atoms with Crippen molar-refractivity contribution in [3.63, 3.8) is 0 Å². The molecule has 0 heterocycles. The van der Waals surface area contributed by atoms with Gasteiger partial charge in [-0.3, -0.25) is 4.72 Å². The first-order valence-electron chi connectivity index (χ1n) is 8.34. The fourth-order valence-corrected chi connectivity index (χ4v) is 4.20. The fraction of sp³-hybridized carbons (Fsp3) is 0.200. The molecule has 0 bridgehead atoms. The Hall–Kier alpha value is -2.60. The average Bonchev–Trinajstić information content (AvgIpc) is 2.62. The summed E-state index contributed by atoms with van der Waals surface area (Å²) in [5, 5.41) is 1.51. The Bertz CT molecular complexity index is 1050. The monoisotopic (exact) mass is 373 g/mol. The Labute approximate surface area is 152 Å². The number of ether oxygens (including phenoxy) is 1. The van der Waals surface area contributed by atoms with E-state index in [1.807, 2.05) is 31.2 Å². The van der Waals surface area contributed by atoms with E-state index in [0.29, 0.717) is 11.1 Å². The standard InChI is InChI=1S/C20H20FNO3S/c1-3-8-14-13-18(15-9-4-5-10-16(15)20(14)25-2)22-26(23,24)19-12-7-6-11-17(19)21/h4-7,9-13,22H,3,8H2,1-2H3. The molecule has 6 heteroatoms. The minimum Gasteiger partial charge on any atom is -0.496 e. The van der Waals surface area contributed by atoms with Crippen LogP contribution in [0.15, 0.2) is 59.5 Å². The molecule has 0 atom stereocenters. The Morgan fingerprint density at radius 2 is 1.69 bits per heavy atom. The van der Waals surface area contributed by atoms with Crippen molar-refractivity contribution in [3.05, 3.63) is 66.0 Å². The molecule has 0 fully saturated rings. The van der Waals surface area contributed by atoms with E-state index in [1.165, 1.54) is 18.2 Å². The van der Waals surface area contributed by atoms with E-state index in [9.17, 15) is 12.8 Å². The predicted octanol–water partition coefficient (Wildman–Crippen LogP) is 4.74. The molecule has 0 radical (unpaired) electrons. The highest BCUT2D eigenvalue weighted by Gasteiger charge is 2.21. The number of nitrogens with one attached hydrogen (secondary N) is 1. The summed E-state index contributed by atoms with van der Waals surface area (Å²) in [4.78, 5) is -0.378. The number of aryl methyl sites for hydroxylation is 1. The molecule has 0 aliphatic heterocycles. The van der Waals surface area contributed by atoms with E-state index in [4.69, 9.17) is 4.74 Å². The largest absolute Gasteiger partial charge is 0.496 e. The molecule has 0 aliphatic rings. The van der Waals surface area contributed by atoms with Gasteiger partial charge in [-0.1, -0.05) is 49.7 Å². The zero-order valence-corrected chi connectivity index (χ0v) is 15.4. The summed E-state index contributed by atoms with van der Waals surface area (Å²) in [6, 6.07) is 14.5. The first-order chi connectivity index (χ1) is 12.5. The van der Waals surface area contributed by atoms with Gasteiger partial charge in [0.1, 0.15) is 16.5 Å². The van der Waals surface area contributed by atoms with Gasteiger partial charge >= 0.3 is 0 Å². The van der Waals surface area contributed by atoms with Gasteiger partial charge in [-0.15, -0.1) is 0 Å². The average molecular weight is 373 g/mol. The minimum absolute atomic E-state index is 0.378. The molecule has 136 valence electrons. The van der Waals surface area contributed by atoms with E-state index in [0.717, 1.165) is 35.6 Å². The summed E-state index contributed by atoms with van der Waals surface area (Å²) in [5.41, 5.74) is 1.31. The zero-order valence-electron chi connectivity index (χ0n) is 14.6. The molecule has 26 heavy (non-hydrogen) atoms. The van der Waals surface area contributed by atoms with E-state index >= 15 is 0 Å². The highest BCUT2D eigenvalue weighted by atomic mass is 32.2. The van der Waals surface area contributed by atoms with Gasteiger partial charge < -0.3 is 4.74 Å². The number of halogens is 1. The molecule has 0 spiro atoms. The quantitative estimate of drug-likeness (QED) is 0.679. The number of fused-ring (bicyclic) bond motifs is 1. The Kier molecular flexibility index (Phi) is 5.13. The van der Waals surface area contributed by atoms with Gasteiger partial charge in [-0.2, -0.15) is 0 Å². The molecule has 0 unspecified atom stereocenters. The predicted molar refractivity (Wildman–Crippen MR) is 102 cm³/mol. The van der Waals surface area contributed by atoms with Crippen molar-refractivity contribution in [3.8, 4) is 5.75 Å². The molecular formula is C20H20FNO3S. The van der Waals surface area contributed by atoms with Gasteiger partial charge in [0.05, 0.1) is 12.8 Å². The number of benzene rings is 3. The molecule has 0 saturated heterocycles. The van der Waals surface area contributed by atoms with E-state index < -0.39 is 15.8 Å². The number of sulfonamides is 1. The lowest BCUT2D eigenvalue weighted by Crippen LogP contribution is -2.15. The molecule has 4 nitrogen and oxygen atoms in total. The molecule has 0 amide bonds. The van der Waals surface area contributed by atoms with Crippen LogP contribution in [0.25, 0.3) is 10.8 Å². The Morgan fingerprint density at radius 1 is 1.04 bits per heavy atom. The summed E-state index contributed by atoms with van der Waals surface area (Å²) < 4.78 is 47.5. The lowest BCUT2D eigenvalue weighted by molar-refractivity contribution is 0.414. The summed E-state index contributed by atoms with van der Waals surface area (Å²) in [5.74, 6) is -0.0529. The fourth-order valence-electron chi connectivity index (χ4n) is 3.05. The third-order valence-corrected chi connectivity index (χ3v) is 5.56. The summed E-state index contributed by atoms with van der Waals surface area (Å²) in [7, 11) is -2.45. The molecule has 3 aromatic carbocycles. The lowest BCUT2D eigenvalue weighted by atomic mass is 10.0. The minimum atomic E-state index is -4.05. The van der Waals surface area contributed by atoms with Crippen LogP contribution >= 0.6 is 0 Å². The lowest BCUT2D eigenvalue weighted by Gasteiger charge is -2.17. The van der Waals surface area contributed by atoms with Crippen LogP contribution in [0, 0.1) is 5.82 Å². The Morgan fingerprint density at radius 3 is 2.35 bits per heavy atom. The maximum atomic E-state index is 14.0. The van der Waals surface area contributed by atoms with Crippen molar-refractivity contribution in [2.75, 3.05) is 11.8 Å². The summed E-state index contributed by atoms with van der Waals surface area (Å²) >= 11 is 0. The maximum Gasteiger partial charge on any atom is 0.264 e. The van der Waals surface area contributed by atoms with Crippen molar-refractivity contribution in [2.45, 2.75) is 24.7 Å². The van der Waals surface area contributed by atoms with Gasteiger partial charge in [0.25, 0.3) is 10.0 Å². The highest BCUT2D eigenvalue weighted by Crippen LogP contribution is 2.37. The van der Waals surface area contributed by atoms with E-state index in [1.54, 1.807) is 13.2 Å². The number of methoxy groups -OCH3 is 1. The van der Waals surface area contributed by atoms with Gasteiger partial charge in [-0.25, -0.2) is 12.8 Å². The first-order valence-corrected chi connectivity index (χ1v) is 9.82. The van der Waals surface area contributed by atoms with Gasteiger partial charge in [0.15, 0.2) is 0 Å². The van der Waals surface area contributed by atoms with Crippen LogP contribution in [0.3, 0.4) is 0 Å². The van der Waals surface area contributed by atoms with Crippen LogP contribution in [0.4, 0.5) is 10.1 Å². The van der Waals surface area contributed by atoms with E-state index in [-0.39, 0.29) is 4.90 Å². The van der Waals surface area contributed by atoms with Crippen molar-refractivity contribution in [1.29, 1.82) is 0 Å². The van der Waals surface area contributed by atoms with Crippen molar-refractivity contribution in [2.24, 2.45) is 0 Å². The van der Waals surface area contributed by atoms with Gasteiger partial charge in [0, 0.05) is 10.8 Å². The second-order valence-corrected chi connectivity index (χ2v) is 7.60. The third-order valence-electron chi connectivity index (χ3n) is 4.17. The second kappa shape index (κ2) is 7.33.